The SMILES string of the molecule is COc1ccc([C@@H](C)NC(=O)c2c(C)nn(CC(C)C)c2Cl)cc1F. The Morgan fingerprint density at radius 3 is 2.64 bits per heavy atom. The number of carbonyl (C=O) groups excluding carboxylic acids is 1. The van der Waals surface area contributed by atoms with Crippen LogP contribution in [-0.2, 0) is 6.54 Å². The fourth-order valence-corrected chi connectivity index (χ4v) is 2.91. The average molecular weight is 368 g/mol. The molecule has 0 aliphatic heterocycles. The van der Waals surface area contributed by atoms with E-state index in [1.165, 1.54) is 19.2 Å². The van der Waals surface area contributed by atoms with Crippen LogP contribution in [0.2, 0.25) is 5.15 Å². The second-order valence-electron chi connectivity index (χ2n) is 6.42. The van der Waals surface area contributed by atoms with Crippen molar-refractivity contribution in [2.24, 2.45) is 5.92 Å². The number of aryl methyl sites for hydroxylation is 1. The molecule has 1 amide bonds. The lowest BCUT2D eigenvalue weighted by atomic mass is 10.1. The standard InChI is InChI=1S/C18H23ClFN3O2/c1-10(2)9-23-17(19)16(12(4)22-23)18(24)21-11(3)13-6-7-15(25-5)14(20)8-13/h6-8,10-11H,9H2,1-5H3,(H,21,24)/t11-/m1/s1. The van der Waals surface area contributed by atoms with Crippen LogP contribution in [0.3, 0.4) is 0 Å². The van der Waals surface area contributed by atoms with Crippen LogP contribution in [0.15, 0.2) is 18.2 Å². The maximum Gasteiger partial charge on any atom is 0.256 e. The summed E-state index contributed by atoms with van der Waals surface area (Å²) in [5, 5.41) is 7.49. The summed E-state index contributed by atoms with van der Waals surface area (Å²) in [5.41, 5.74) is 1.55. The molecule has 7 heteroatoms. The van der Waals surface area contributed by atoms with Crippen LogP contribution in [0.4, 0.5) is 4.39 Å². The minimum Gasteiger partial charge on any atom is -0.494 e. The maximum atomic E-state index is 13.9. The fraction of sp³-hybridized carbons (Fsp3) is 0.444. The number of nitrogens with zero attached hydrogens (tertiary/aromatic N) is 2. The molecule has 0 saturated carbocycles. The highest BCUT2D eigenvalue weighted by atomic mass is 35.5. The summed E-state index contributed by atoms with van der Waals surface area (Å²) in [5.74, 6) is -0.286. The number of methoxy groups -OCH3 is 1. The van der Waals surface area contributed by atoms with E-state index in [1.807, 2.05) is 13.8 Å². The van der Waals surface area contributed by atoms with E-state index in [0.717, 1.165) is 0 Å². The van der Waals surface area contributed by atoms with Gasteiger partial charge in [-0.2, -0.15) is 5.10 Å². The Morgan fingerprint density at radius 1 is 1.40 bits per heavy atom. The number of hydrogen-bond acceptors (Lipinski definition) is 3. The lowest BCUT2D eigenvalue weighted by Crippen LogP contribution is -2.27. The molecule has 0 fully saturated rings. The number of benzene rings is 1. The van der Waals surface area contributed by atoms with E-state index >= 15 is 0 Å². The summed E-state index contributed by atoms with van der Waals surface area (Å²) in [6.07, 6.45) is 0. The first kappa shape index (κ1) is 19.2. The van der Waals surface area contributed by atoms with Crippen molar-refractivity contribution in [2.75, 3.05) is 7.11 Å². The molecule has 2 aromatic rings. The Labute approximate surface area is 152 Å². The van der Waals surface area contributed by atoms with E-state index < -0.39 is 11.9 Å². The summed E-state index contributed by atoms with van der Waals surface area (Å²) in [7, 11) is 1.41. The monoisotopic (exact) mass is 367 g/mol. The van der Waals surface area contributed by atoms with Gasteiger partial charge in [-0.1, -0.05) is 31.5 Å². The van der Waals surface area contributed by atoms with Gasteiger partial charge in [-0.3, -0.25) is 9.48 Å². The van der Waals surface area contributed by atoms with Crippen molar-refractivity contribution in [1.82, 2.24) is 15.1 Å². The van der Waals surface area contributed by atoms with Gasteiger partial charge in [-0.25, -0.2) is 4.39 Å². The molecular formula is C18H23ClFN3O2. The molecule has 0 aliphatic carbocycles. The molecule has 25 heavy (non-hydrogen) atoms. The van der Waals surface area contributed by atoms with Crippen LogP contribution >= 0.6 is 11.6 Å². The van der Waals surface area contributed by atoms with Crippen molar-refractivity contribution in [3.8, 4) is 5.75 Å². The summed E-state index contributed by atoms with van der Waals surface area (Å²) < 4.78 is 20.4. The van der Waals surface area contributed by atoms with Crippen LogP contribution in [0.1, 0.15) is 48.4 Å². The normalized spacial score (nSPS) is 12.3. The molecule has 136 valence electrons. The summed E-state index contributed by atoms with van der Waals surface area (Å²) >= 11 is 6.33. The first-order valence-corrected chi connectivity index (χ1v) is 8.49. The lowest BCUT2D eigenvalue weighted by Gasteiger charge is -2.15. The zero-order valence-corrected chi connectivity index (χ0v) is 15.8. The number of hydrogen-bond donors (Lipinski definition) is 1. The molecule has 0 bridgehead atoms. The van der Waals surface area contributed by atoms with E-state index in [1.54, 1.807) is 24.6 Å². The molecule has 0 unspecified atom stereocenters. The zero-order chi connectivity index (χ0) is 18.7. The molecule has 1 N–H and O–H groups in total. The van der Waals surface area contributed by atoms with E-state index in [0.29, 0.717) is 34.4 Å². The number of aromatic nitrogens is 2. The lowest BCUT2D eigenvalue weighted by molar-refractivity contribution is 0.0939. The number of carbonyl (C=O) groups is 1. The molecule has 1 atom stereocenters. The van der Waals surface area contributed by atoms with Gasteiger partial charge in [0.1, 0.15) is 5.15 Å². The molecule has 0 aliphatic rings. The second kappa shape index (κ2) is 7.87. The highest BCUT2D eigenvalue weighted by molar-refractivity contribution is 6.33. The largest absolute Gasteiger partial charge is 0.494 e. The van der Waals surface area contributed by atoms with E-state index in [-0.39, 0.29) is 11.7 Å². The molecule has 1 aromatic carbocycles. The van der Waals surface area contributed by atoms with Crippen LogP contribution in [-0.4, -0.2) is 22.8 Å². The van der Waals surface area contributed by atoms with Gasteiger partial charge in [0.25, 0.3) is 5.91 Å². The predicted octanol–water partition coefficient (Wildman–Crippen LogP) is 4.14. The first-order chi connectivity index (χ1) is 11.7. The van der Waals surface area contributed by atoms with Gasteiger partial charge in [0.2, 0.25) is 0 Å². The third-order valence-electron chi connectivity index (χ3n) is 3.85. The van der Waals surface area contributed by atoms with Crippen molar-refractivity contribution in [3.63, 3.8) is 0 Å². The van der Waals surface area contributed by atoms with Crippen molar-refractivity contribution in [3.05, 3.63) is 46.0 Å². The summed E-state index contributed by atoms with van der Waals surface area (Å²) in [6.45, 7) is 8.25. The number of ether oxygens (including phenoxy) is 1. The molecule has 0 radical (unpaired) electrons. The van der Waals surface area contributed by atoms with E-state index in [2.05, 4.69) is 10.4 Å². The highest BCUT2D eigenvalue weighted by Crippen LogP contribution is 2.24. The van der Waals surface area contributed by atoms with Crippen molar-refractivity contribution in [2.45, 2.75) is 40.3 Å². The average Bonchev–Trinajstić information content (AvgIpc) is 2.80. The molecule has 2 rings (SSSR count). The third-order valence-corrected chi connectivity index (χ3v) is 4.24. The number of rotatable bonds is 6. The minimum absolute atomic E-state index is 0.163. The van der Waals surface area contributed by atoms with Crippen molar-refractivity contribution >= 4 is 17.5 Å². The summed E-state index contributed by atoms with van der Waals surface area (Å²) in [4.78, 5) is 12.6. The minimum atomic E-state index is -0.472. The third kappa shape index (κ3) is 4.31. The topological polar surface area (TPSA) is 56.1 Å². The first-order valence-electron chi connectivity index (χ1n) is 8.11. The predicted molar refractivity (Wildman–Crippen MR) is 95.6 cm³/mol. The molecule has 5 nitrogen and oxygen atoms in total. The second-order valence-corrected chi connectivity index (χ2v) is 6.77. The van der Waals surface area contributed by atoms with E-state index in [9.17, 15) is 9.18 Å². The molecule has 0 spiro atoms. The van der Waals surface area contributed by atoms with Gasteiger partial charge in [-0.05, 0) is 37.5 Å². The van der Waals surface area contributed by atoms with Crippen molar-refractivity contribution in [1.29, 1.82) is 0 Å². The Bertz CT molecular complexity index is 774. The van der Waals surface area contributed by atoms with Gasteiger partial charge in [-0.15, -0.1) is 0 Å². The number of halogens is 2. The Balaban J connectivity index is 2.19. The quantitative estimate of drug-likeness (QED) is 0.834. The van der Waals surface area contributed by atoms with Crippen LogP contribution in [0, 0.1) is 18.7 Å². The van der Waals surface area contributed by atoms with Gasteiger partial charge < -0.3 is 10.1 Å². The number of nitrogens with one attached hydrogen (secondary N) is 1. The fourth-order valence-electron chi connectivity index (χ4n) is 2.58. The van der Waals surface area contributed by atoms with Crippen LogP contribution < -0.4 is 10.1 Å². The van der Waals surface area contributed by atoms with Gasteiger partial charge in [0.05, 0.1) is 24.4 Å². The van der Waals surface area contributed by atoms with Gasteiger partial charge in [0, 0.05) is 6.54 Å². The summed E-state index contributed by atoms with van der Waals surface area (Å²) in [6, 6.07) is 4.20. The highest BCUT2D eigenvalue weighted by Gasteiger charge is 2.22. The molecule has 1 aromatic heterocycles. The van der Waals surface area contributed by atoms with Gasteiger partial charge >= 0.3 is 0 Å². The smallest absolute Gasteiger partial charge is 0.256 e. The molecule has 0 saturated heterocycles. The Hall–Kier alpha value is -2.08. The van der Waals surface area contributed by atoms with Gasteiger partial charge in [0.15, 0.2) is 11.6 Å². The van der Waals surface area contributed by atoms with Crippen molar-refractivity contribution < 1.29 is 13.9 Å². The van der Waals surface area contributed by atoms with E-state index in [4.69, 9.17) is 16.3 Å². The molecular weight excluding hydrogens is 345 g/mol. The number of amides is 1. The molecule has 1 heterocycles. The van der Waals surface area contributed by atoms with Crippen LogP contribution in [0.25, 0.3) is 0 Å². The maximum absolute atomic E-state index is 13.9. The van der Waals surface area contributed by atoms with Crippen LogP contribution in [0.5, 0.6) is 5.75 Å². The Kier molecular flexibility index (Phi) is 6.06. The Morgan fingerprint density at radius 2 is 2.08 bits per heavy atom. The zero-order valence-electron chi connectivity index (χ0n) is 15.1.